The lowest BCUT2D eigenvalue weighted by Gasteiger charge is -2.39. The largest absolute Gasteiger partial charge is 0.383 e. The minimum Gasteiger partial charge on any atom is -0.383 e. The number of ether oxygens (including phenoxy) is 1. The van der Waals surface area contributed by atoms with Crippen LogP contribution in [0.4, 0.5) is 5.69 Å². The van der Waals surface area contributed by atoms with Crippen molar-refractivity contribution in [3.05, 3.63) is 28.2 Å². The van der Waals surface area contributed by atoms with E-state index >= 15 is 0 Å². The second-order valence-corrected chi connectivity index (χ2v) is 7.03. The first-order valence-electron chi connectivity index (χ1n) is 7.86. The van der Waals surface area contributed by atoms with Crippen molar-refractivity contribution in [3.8, 4) is 0 Å². The van der Waals surface area contributed by atoms with Crippen LogP contribution in [0.1, 0.15) is 32.3 Å². The molecule has 3 nitrogen and oxygen atoms in total. The standard InChI is InChI=1S/C17H27BrN2O/c1-13-6-8-20(14(2)10-13)17-5-4-16(18)11-15(17)12-19-7-9-21-3/h4-5,11,13-14,19H,6-10,12H2,1-3H3. The zero-order valence-corrected chi connectivity index (χ0v) is 14.9. The van der Waals surface area contributed by atoms with Crippen molar-refractivity contribution in [1.29, 1.82) is 0 Å². The summed E-state index contributed by atoms with van der Waals surface area (Å²) < 4.78 is 6.24. The van der Waals surface area contributed by atoms with E-state index in [2.05, 4.69) is 58.2 Å². The molecule has 1 aliphatic rings. The molecule has 0 spiro atoms. The number of methoxy groups -OCH3 is 1. The van der Waals surface area contributed by atoms with Crippen LogP contribution in [0, 0.1) is 5.92 Å². The fraction of sp³-hybridized carbons (Fsp3) is 0.647. The molecule has 2 unspecified atom stereocenters. The molecule has 1 aromatic carbocycles. The van der Waals surface area contributed by atoms with E-state index in [0.29, 0.717) is 6.04 Å². The van der Waals surface area contributed by atoms with Gasteiger partial charge in [0.15, 0.2) is 0 Å². The number of piperidine rings is 1. The molecule has 1 fully saturated rings. The van der Waals surface area contributed by atoms with Crippen LogP contribution < -0.4 is 10.2 Å². The molecule has 0 amide bonds. The number of rotatable bonds is 6. The summed E-state index contributed by atoms with van der Waals surface area (Å²) in [6.07, 6.45) is 2.57. The highest BCUT2D eigenvalue weighted by Gasteiger charge is 2.24. The van der Waals surface area contributed by atoms with Crippen LogP contribution in [0.25, 0.3) is 0 Å². The van der Waals surface area contributed by atoms with E-state index in [1.54, 1.807) is 7.11 Å². The average molecular weight is 355 g/mol. The molecule has 0 radical (unpaired) electrons. The topological polar surface area (TPSA) is 24.5 Å². The molecule has 0 aliphatic carbocycles. The quantitative estimate of drug-likeness (QED) is 0.786. The van der Waals surface area contributed by atoms with Crippen LogP contribution in [-0.4, -0.2) is 32.8 Å². The summed E-state index contributed by atoms with van der Waals surface area (Å²) in [5.41, 5.74) is 2.74. The van der Waals surface area contributed by atoms with E-state index in [0.717, 1.165) is 36.6 Å². The number of hydrogen-bond donors (Lipinski definition) is 1. The van der Waals surface area contributed by atoms with Gasteiger partial charge in [-0.1, -0.05) is 22.9 Å². The Hall–Kier alpha value is -0.580. The first-order valence-corrected chi connectivity index (χ1v) is 8.66. The Kier molecular flexibility index (Phi) is 6.52. The van der Waals surface area contributed by atoms with Crippen molar-refractivity contribution in [2.75, 3.05) is 31.7 Å². The van der Waals surface area contributed by atoms with Gasteiger partial charge in [-0.2, -0.15) is 0 Å². The number of nitrogens with one attached hydrogen (secondary N) is 1. The third-order valence-electron chi connectivity index (χ3n) is 4.29. The second kappa shape index (κ2) is 8.16. The lowest BCUT2D eigenvalue weighted by molar-refractivity contribution is 0.199. The summed E-state index contributed by atoms with van der Waals surface area (Å²) in [7, 11) is 1.74. The van der Waals surface area contributed by atoms with Crippen molar-refractivity contribution in [3.63, 3.8) is 0 Å². The lowest BCUT2D eigenvalue weighted by atomic mass is 9.92. The van der Waals surface area contributed by atoms with Crippen LogP contribution in [-0.2, 0) is 11.3 Å². The van der Waals surface area contributed by atoms with Gasteiger partial charge in [-0.3, -0.25) is 0 Å². The smallest absolute Gasteiger partial charge is 0.0587 e. The van der Waals surface area contributed by atoms with E-state index in [4.69, 9.17) is 4.74 Å². The van der Waals surface area contributed by atoms with Gasteiger partial charge in [0.25, 0.3) is 0 Å². The minimum absolute atomic E-state index is 0.618. The Balaban J connectivity index is 2.10. The fourth-order valence-electron chi connectivity index (χ4n) is 3.14. The molecule has 2 atom stereocenters. The van der Waals surface area contributed by atoms with Gasteiger partial charge in [0, 0.05) is 42.9 Å². The van der Waals surface area contributed by atoms with Gasteiger partial charge in [-0.05, 0) is 49.4 Å². The normalized spacial score (nSPS) is 22.6. The summed E-state index contributed by atoms with van der Waals surface area (Å²) in [6.45, 7) is 8.39. The van der Waals surface area contributed by atoms with Crippen molar-refractivity contribution in [2.45, 2.75) is 39.3 Å². The van der Waals surface area contributed by atoms with Crippen molar-refractivity contribution < 1.29 is 4.74 Å². The molecular weight excluding hydrogens is 328 g/mol. The van der Waals surface area contributed by atoms with Crippen LogP contribution in [0.3, 0.4) is 0 Å². The Morgan fingerprint density at radius 2 is 2.19 bits per heavy atom. The minimum atomic E-state index is 0.618. The Bertz CT molecular complexity index is 452. The Morgan fingerprint density at radius 1 is 1.38 bits per heavy atom. The van der Waals surface area contributed by atoms with E-state index in [-0.39, 0.29) is 0 Å². The third-order valence-corrected chi connectivity index (χ3v) is 4.78. The number of anilines is 1. The number of nitrogens with zero attached hydrogens (tertiary/aromatic N) is 1. The zero-order chi connectivity index (χ0) is 15.2. The van der Waals surface area contributed by atoms with Crippen LogP contribution >= 0.6 is 15.9 Å². The Labute approximate surface area is 137 Å². The molecule has 1 N–H and O–H groups in total. The maximum atomic E-state index is 5.10. The fourth-order valence-corrected chi connectivity index (χ4v) is 3.55. The molecule has 0 bridgehead atoms. The monoisotopic (exact) mass is 354 g/mol. The first kappa shape index (κ1) is 16.8. The number of halogens is 1. The summed E-state index contributed by atoms with van der Waals surface area (Å²) in [5.74, 6) is 0.843. The molecule has 0 saturated carbocycles. The van der Waals surface area contributed by atoms with E-state index in [1.165, 1.54) is 24.1 Å². The molecule has 4 heteroatoms. The van der Waals surface area contributed by atoms with Crippen molar-refractivity contribution in [2.24, 2.45) is 5.92 Å². The molecule has 1 saturated heterocycles. The van der Waals surface area contributed by atoms with Gasteiger partial charge < -0.3 is 15.0 Å². The van der Waals surface area contributed by atoms with Gasteiger partial charge in [0.2, 0.25) is 0 Å². The summed E-state index contributed by atoms with van der Waals surface area (Å²) >= 11 is 3.60. The predicted molar refractivity (Wildman–Crippen MR) is 92.9 cm³/mol. The van der Waals surface area contributed by atoms with Crippen molar-refractivity contribution >= 4 is 21.6 Å². The molecule has 1 aromatic rings. The highest BCUT2D eigenvalue weighted by atomic mass is 79.9. The molecule has 118 valence electrons. The van der Waals surface area contributed by atoms with Crippen molar-refractivity contribution in [1.82, 2.24) is 5.32 Å². The van der Waals surface area contributed by atoms with Crippen LogP contribution in [0.5, 0.6) is 0 Å². The molecule has 1 heterocycles. The SMILES string of the molecule is COCCNCc1cc(Br)ccc1N1CCC(C)CC1C. The van der Waals surface area contributed by atoms with Crippen LogP contribution in [0.15, 0.2) is 22.7 Å². The highest BCUT2D eigenvalue weighted by molar-refractivity contribution is 9.10. The van der Waals surface area contributed by atoms with Gasteiger partial charge in [0.05, 0.1) is 6.61 Å². The van der Waals surface area contributed by atoms with E-state index in [9.17, 15) is 0 Å². The molecular formula is C17H27BrN2O. The van der Waals surface area contributed by atoms with Gasteiger partial charge in [0.1, 0.15) is 0 Å². The Morgan fingerprint density at radius 3 is 2.90 bits per heavy atom. The number of benzene rings is 1. The van der Waals surface area contributed by atoms with Gasteiger partial charge >= 0.3 is 0 Å². The van der Waals surface area contributed by atoms with Gasteiger partial charge in [-0.25, -0.2) is 0 Å². The zero-order valence-electron chi connectivity index (χ0n) is 13.4. The molecule has 21 heavy (non-hydrogen) atoms. The predicted octanol–water partition coefficient (Wildman–Crippen LogP) is 3.81. The second-order valence-electron chi connectivity index (χ2n) is 6.11. The van der Waals surface area contributed by atoms with E-state index in [1.807, 2.05) is 0 Å². The highest BCUT2D eigenvalue weighted by Crippen LogP contribution is 2.31. The van der Waals surface area contributed by atoms with Gasteiger partial charge in [-0.15, -0.1) is 0 Å². The lowest BCUT2D eigenvalue weighted by Crippen LogP contribution is -2.41. The maximum Gasteiger partial charge on any atom is 0.0587 e. The summed E-state index contributed by atoms with van der Waals surface area (Å²) in [6, 6.07) is 7.26. The summed E-state index contributed by atoms with van der Waals surface area (Å²) in [5, 5.41) is 3.46. The summed E-state index contributed by atoms with van der Waals surface area (Å²) in [4.78, 5) is 2.57. The third kappa shape index (κ3) is 4.70. The first-order chi connectivity index (χ1) is 10.1. The average Bonchev–Trinajstić information content (AvgIpc) is 2.45. The molecule has 1 aliphatic heterocycles. The van der Waals surface area contributed by atoms with Crippen LogP contribution in [0.2, 0.25) is 0 Å². The molecule has 0 aromatic heterocycles. The maximum absolute atomic E-state index is 5.10. The number of hydrogen-bond acceptors (Lipinski definition) is 3. The van der Waals surface area contributed by atoms with E-state index < -0.39 is 0 Å². The molecule has 2 rings (SSSR count).